The minimum Gasteiger partial charge on any atom is -0.497 e. The number of hydrogen-bond donors (Lipinski definition) is 1. The lowest BCUT2D eigenvalue weighted by atomic mass is 10.1. The van der Waals surface area contributed by atoms with Crippen molar-refractivity contribution in [1.29, 1.82) is 0 Å². The predicted molar refractivity (Wildman–Crippen MR) is 108 cm³/mol. The van der Waals surface area contributed by atoms with E-state index in [1.807, 2.05) is 0 Å². The standard InChI is InChI=1S/C20H23ClN2O4S/c1-27-17-9-5-15(6-10-17)14-23(19-4-2-3-13-22-20(19)24)28(25,26)18-11-7-16(21)8-12-18/h5-12,19H,2-4,13-14H2,1H3,(H,22,24)/t19-/m1/s1. The van der Waals surface area contributed by atoms with Crippen LogP contribution in [0.3, 0.4) is 0 Å². The summed E-state index contributed by atoms with van der Waals surface area (Å²) >= 11 is 5.91. The van der Waals surface area contributed by atoms with Gasteiger partial charge in [-0.15, -0.1) is 0 Å². The summed E-state index contributed by atoms with van der Waals surface area (Å²) in [7, 11) is -2.33. The van der Waals surface area contributed by atoms with Gasteiger partial charge in [0, 0.05) is 18.1 Å². The molecule has 6 nitrogen and oxygen atoms in total. The van der Waals surface area contributed by atoms with Crippen LogP contribution < -0.4 is 10.1 Å². The van der Waals surface area contributed by atoms with E-state index in [-0.39, 0.29) is 17.3 Å². The number of carbonyl (C=O) groups excluding carboxylic acids is 1. The predicted octanol–water partition coefficient (Wildman–Crippen LogP) is 3.21. The van der Waals surface area contributed by atoms with E-state index < -0.39 is 16.1 Å². The fourth-order valence-corrected chi connectivity index (χ4v) is 4.95. The minimum atomic E-state index is -3.90. The summed E-state index contributed by atoms with van der Waals surface area (Å²) in [5.74, 6) is 0.423. The first-order valence-electron chi connectivity index (χ1n) is 9.10. The van der Waals surface area contributed by atoms with Crippen molar-refractivity contribution in [3.05, 3.63) is 59.1 Å². The zero-order valence-electron chi connectivity index (χ0n) is 15.6. The Labute approximate surface area is 170 Å². The van der Waals surface area contributed by atoms with Gasteiger partial charge < -0.3 is 10.1 Å². The fourth-order valence-electron chi connectivity index (χ4n) is 3.21. The molecule has 1 amide bonds. The molecule has 0 spiro atoms. The number of hydrogen-bond acceptors (Lipinski definition) is 4. The van der Waals surface area contributed by atoms with Crippen molar-refractivity contribution in [1.82, 2.24) is 9.62 Å². The van der Waals surface area contributed by atoms with E-state index >= 15 is 0 Å². The highest BCUT2D eigenvalue weighted by molar-refractivity contribution is 7.89. The van der Waals surface area contributed by atoms with Gasteiger partial charge in [-0.1, -0.05) is 23.7 Å². The molecule has 0 saturated carbocycles. The van der Waals surface area contributed by atoms with Crippen LogP contribution in [0.5, 0.6) is 5.75 Å². The maximum Gasteiger partial charge on any atom is 0.244 e. The molecule has 0 aliphatic carbocycles. The van der Waals surface area contributed by atoms with Gasteiger partial charge in [0.25, 0.3) is 0 Å². The van der Waals surface area contributed by atoms with Crippen molar-refractivity contribution in [2.24, 2.45) is 0 Å². The van der Waals surface area contributed by atoms with Gasteiger partial charge in [0.05, 0.1) is 12.0 Å². The summed E-state index contributed by atoms with van der Waals surface area (Å²) < 4.78 is 33.3. The van der Waals surface area contributed by atoms with Crippen molar-refractivity contribution in [3.8, 4) is 5.75 Å². The molecular weight excluding hydrogens is 400 g/mol. The van der Waals surface area contributed by atoms with Crippen LogP contribution in [-0.2, 0) is 21.4 Å². The Morgan fingerprint density at radius 3 is 2.43 bits per heavy atom. The molecule has 0 radical (unpaired) electrons. The summed E-state index contributed by atoms with van der Waals surface area (Å²) in [6.45, 7) is 0.653. The monoisotopic (exact) mass is 422 g/mol. The maximum atomic E-state index is 13.4. The maximum absolute atomic E-state index is 13.4. The van der Waals surface area contributed by atoms with E-state index in [4.69, 9.17) is 16.3 Å². The van der Waals surface area contributed by atoms with Gasteiger partial charge >= 0.3 is 0 Å². The molecule has 1 aliphatic rings. The van der Waals surface area contributed by atoms with Crippen molar-refractivity contribution < 1.29 is 17.9 Å². The number of halogens is 1. The van der Waals surface area contributed by atoms with Gasteiger partial charge in [0.1, 0.15) is 11.8 Å². The first kappa shape index (κ1) is 20.6. The van der Waals surface area contributed by atoms with E-state index in [9.17, 15) is 13.2 Å². The lowest BCUT2D eigenvalue weighted by Crippen LogP contribution is -2.48. The second kappa shape index (κ2) is 8.94. The summed E-state index contributed by atoms with van der Waals surface area (Å²) in [5, 5.41) is 3.28. The van der Waals surface area contributed by atoms with Crippen LogP contribution in [-0.4, -0.2) is 38.3 Å². The minimum absolute atomic E-state index is 0.0903. The van der Waals surface area contributed by atoms with Crippen LogP contribution in [0.15, 0.2) is 53.4 Å². The van der Waals surface area contributed by atoms with Crippen molar-refractivity contribution in [3.63, 3.8) is 0 Å². The molecule has 8 heteroatoms. The molecule has 2 aromatic carbocycles. The summed E-state index contributed by atoms with van der Waals surface area (Å²) in [6, 6.07) is 12.4. The Balaban J connectivity index is 1.99. The zero-order chi connectivity index (χ0) is 20.1. The summed E-state index contributed by atoms with van der Waals surface area (Å²) in [4.78, 5) is 12.7. The quantitative estimate of drug-likeness (QED) is 0.775. The molecule has 1 N–H and O–H groups in total. The number of sulfonamides is 1. The SMILES string of the molecule is COc1ccc(CN([C@@H]2CCCCNC2=O)S(=O)(=O)c2ccc(Cl)cc2)cc1. The Bertz CT molecular complexity index is 914. The van der Waals surface area contributed by atoms with Gasteiger partial charge in [0.15, 0.2) is 0 Å². The van der Waals surface area contributed by atoms with Crippen LogP contribution in [0.2, 0.25) is 5.02 Å². The summed E-state index contributed by atoms with van der Waals surface area (Å²) in [5.41, 5.74) is 0.774. The van der Waals surface area contributed by atoms with Crippen LogP contribution in [0.4, 0.5) is 0 Å². The number of carbonyl (C=O) groups is 1. The lowest BCUT2D eigenvalue weighted by Gasteiger charge is -2.29. The summed E-state index contributed by atoms with van der Waals surface area (Å²) in [6.07, 6.45) is 2.09. The smallest absolute Gasteiger partial charge is 0.244 e. The molecule has 1 aliphatic heterocycles. The Morgan fingerprint density at radius 1 is 1.11 bits per heavy atom. The number of amides is 1. The number of rotatable bonds is 6. The number of nitrogens with one attached hydrogen (secondary N) is 1. The third-order valence-corrected chi connectivity index (χ3v) is 6.89. The molecule has 2 aromatic rings. The number of benzene rings is 2. The molecule has 0 bridgehead atoms. The van der Waals surface area contributed by atoms with Crippen LogP contribution in [0, 0.1) is 0 Å². The van der Waals surface area contributed by atoms with Crippen LogP contribution in [0.25, 0.3) is 0 Å². The Hall–Kier alpha value is -2.09. The largest absolute Gasteiger partial charge is 0.497 e. The highest BCUT2D eigenvalue weighted by atomic mass is 35.5. The normalized spacial score (nSPS) is 17.8. The van der Waals surface area contributed by atoms with E-state index in [0.717, 1.165) is 18.4 Å². The fraction of sp³-hybridized carbons (Fsp3) is 0.350. The second-order valence-corrected chi connectivity index (χ2v) is 8.98. The molecular formula is C20H23ClN2O4S. The molecule has 3 rings (SSSR count). The van der Waals surface area contributed by atoms with Gasteiger partial charge in [-0.25, -0.2) is 8.42 Å². The third kappa shape index (κ3) is 4.66. The third-order valence-electron chi connectivity index (χ3n) is 4.77. The molecule has 28 heavy (non-hydrogen) atoms. The molecule has 0 unspecified atom stereocenters. The van der Waals surface area contributed by atoms with Gasteiger partial charge in [-0.2, -0.15) is 4.31 Å². The average Bonchev–Trinajstić information content (AvgIpc) is 2.91. The van der Waals surface area contributed by atoms with E-state index in [2.05, 4.69) is 5.32 Å². The topological polar surface area (TPSA) is 75.7 Å². The molecule has 1 saturated heterocycles. The van der Waals surface area contributed by atoms with Crippen LogP contribution in [0.1, 0.15) is 24.8 Å². The van der Waals surface area contributed by atoms with Gasteiger partial charge in [0.2, 0.25) is 15.9 Å². The average molecular weight is 423 g/mol. The first-order valence-corrected chi connectivity index (χ1v) is 10.9. The number of ether oxygens (including phenoxy) is 1. The zero-order valence-corrected chi connectivity index (χ0v) is 17.2. The van der Waals surface area contributed by atoms with E-state index in [0.29, 0.717) is 23.7 Å². The van der Waals surface area contributed by atoms with Gasteiger partial charge in [-0.3, -0.25) is 4.79 Å². The highest BCUT2D eigenvalue weighted by Crippen LogP contribution is 2.26. The van der Waals surface area contributed by atoms with Crippen molar-refractivity contribution in [2.75, 3.05) is 13.7 Å². The molecule has 1 heterocycles. The second-order valence-electron chi connectivity index (χ2n) is 6.65. The van der Waals surface area contributed by atoms with E-state index in [1.54, 1.807) is 31.4 Å². The molecule has 0 aromatic heterocycles. The van der Waals surface area contributed by atoms with Crippen molar-refractivity contribution >= 4 is 27.5 Å². The number of nitrogens with zero attached hydrogens (tertiary/aromatic N) is 1. The molecule has 1 atom stereocenters. The van der Waals surface area contributed by atoms with Crippen molar-refractivity contribution in [2.45, 2.75) is 36.7 Å². The Morgan fingerprint density at radius 2 is 1.79 bits per heavy atom. The Kier molecular flexibility index (Phi) is 6.59. The number of methoxy groups -OCH3 is 1. The molecule has 1 fully saturated rings. The molecule has 150 valence electrons. The lowest BCUT2D eigenvalue weighted by molar-refractivity contribution is -0.124. The van der Waals surface area contributed by atoms with Crippen LogP contribution >= 0.6 is 11.6 Å². The van der Waals surface area contributed by atoms with E-state index in [1.165, 1.54) is 28.6 Å². The highest BCUT2D eigenvalue weighted by Gasteiger charge is 2.36. The van der Waals surface area contributed by atoms with Gasteiger partial charge in [-0.05, 0) is 61.2 Å². The first-order chi connectivity index (χ1) is 13.4.